The molecule has 0 amide bonds. The predicted molar refractivity (Wildman–Crippen MR) is 50.2 cm³/mol. The van der Waals surface area contributed by atoms with Gasteiger partial charge in [0.1, 0.15) is 0 Å². The van der Waals surface area contributed by atoms with Crippen LogP contribution < -0.4 is 0 Å². The molecule has 1 aliphatic carbocycles. The second kappa shape index (κ2) is 6.31. The second-order valence-corrected chi connectivity index (χ2v) is 3.44. The molecule has 63 valence electrons. The molecular formula is C8H13Cl2Ti. The molecule has 0 heterocycles. The van der Waals surface area contributed by atoms with Crippen molar-refractivity contribution in [3.63, 3.8) is 0 Å². The third kappa shape index (κ3) is 3.80. The molecule has 0 aromatic rings. The summed E-state index contributed by atoms with van der Waals surface area (Å²) < 4.78 is 1.55. The largest absolute Gasteiger partial charge is 0.147 e. The molecule has 0 unspecified atom stereocenters. The van der Waals surface area contributed by atoms with Crippen LogP contribution in [0.15, 0.2) is 21.1 Å². The van der Waals surface area contributed by atoms with Crippen LogP contribution in [-0.4, -0.2) is 0 Å². The Bertz CT molecular complexity index is 183. The fourth-order valence-electron chi connectivity index (χ4n) is 1.04. The van der Waals surface area contributed by atoms with Crippen LogP contribution in [0.5, 0.6) is 0 Å². The summed E-state index contributed by atoms with van der Waals surface area (Å²) in [5.41, 5.74) is 3.07. The SMILES string of the molecule is CCC1=CC(C)=[C]([Ti])C1.Cl.Cl. The van der Waals surface area contributed by atoms with E-state index in [0.29, 0.717) is 0 Å². The van der Waals surface area contributed by atoms with Crippen LogP contribution in [0.1, 0.15) is 26.7 Å². The summed E-state index contributed by atoms with van der Waals surface area (Å²) in [7, 11) is 0. The van der Waals surface area contributed by atoms with Gasteiger partial charge in [0, 0.05) is 0 Å². The van der Waals surface area contributed by atoms with E-state index >= 15 is 0 Å². The van der Waals surface area contributed by atoms with E-state index in [1.807, 2.05) is 0 Å². The number of hydrogen-bond acceptors (Lipinski definition) is 0. The number of allylic oxidation sites excluding steroid dienone is 4. The van der Waals surface area contributed by atoms with E-state index in [0.717, 1.165) is 0 Å². The van der Waals surface area contributed by atoms with Gasteiger partial charge in [-0.05, 0) is 0 Å². The Labute approximate surface area is 92.7 Å². The minimum absolute atomic E-state index is 0. The van der Waals surface area contributed by atoms with Crippen molar-refractivity contribution in [2.45, 2.75) is 26.7 Å². The normalized spacial score (nSPS) is 15.2. The van der Waals surface area contributed by atoms with Gasteiger partial charge in [-0.25, -0.2) is 0 Å². The van der Waals surface area contributed by atoms with Gasteiger partial charge in [-0.2, -0.15) is 0 Å². The molecule has 0 nitrogen and oxygen atoms in total. The molecule has 0 aromatic carbocycles. The second-order valence-electron chi connectivity index (χ2n) is 2.49. The fraction of sp³-hybridized carbons (Fsp3) is 0.500. The average molecular weight is 228 g/mol. The summed E-state index contributed by atoms with van der Waals surface area (Å²) in [5, 5.41) is 0. The summed E-state index contributed by atoms with van der Waals surface area (Å²) in [4.78, 5) is 0. The van der Waals surface area contributed by atoms with Gasteiger partial charge in [0.2, 0.25) is 0 Å². The Hall–Kier alpha value is 0.774. The van der Waals surface area contributed by atoms with E-state index in [4.69, 9.17) is 0 Å². The van der Waals surface area contributed by atoms with Gasteiger partial charge in [-0.1, -0.05) is 0 Å². The van der Waals surface area contributed by atoms with Crippen molar-refractivity contribution < 1.29 is 20.4 Å². The predicted octanol–water partition coefficient (Wildman–Crippen LogP) is 3.39. The molecule has 0 N–H and O–H groups in total. The molecule has 0 bridgehead atoms. The van der Waals surface area contributed by atoms with E-state index in [2.05, 4.69) is 40.4 Å². The van der Waals surface area contributed by atoms with Crippen LogP contribution in [0.3, 0.4) is 0 Å². The van der Waals surface area contributed by atoms with Crippen LogP contribution in [0, 0.1) is 0 Å². The molecule has 0 aromatic heterocycles. The first kappa shape index (κ1) is 14.3. The maximum absolute atomic E-state index is 2.31. The minimum atomic E-state index is 0. The van der Waals surface area contributed by atoms with Crippen molar-refractivity contribution in [1.82, 2.24) is 0 Å². The van der Waals surface area contributed by atoms with E-state index in [1.165, 1.54) is 18.4 Å². The summed E-state index contributed by atoms with van der Waals surface area (Å²) in [6.45, 7) is 4.41. The maximum atomic E-state index is 2.31. The Morgan fingerprint density at radius 2 is 2.00 bits per heavy atom. The third-order valence-electron chi connectivity index (χ3n) is 1.75. The van der Waals surface area contributed by atoms with Gasteiger partial charge in [0.25, 0.3) is 0 Å². The molecular weight excluding hydrogens is 215 g/mol. The van der Waals surface area contributed by atoms with Crippen LogP contribution in [0.4, 0.5) is 0 Å². The van der Waals surface area contributed by atoms with Crippen molar-refractivity contribution in [1.29, 1.82) is 0 Å². The molecule has 0 saturated carbocycles. The van der Waals surface area contributed by atoms with Crippen molar-refractivity contribution in [2.24, 2.45) is 0 Å². The van der Waals surface area contributed by atoms with Gasteiger partial charge in [-0.3, -0.25) is 0 Å². The summed E-state index contributed by atoms with van der Waals surface area (Å²) in [6, 6.07) is 0. The topological polar surface area (TPSA) is 0 Å². The minimum Gasteiger partial charge on any atom is -0.147 e. The van der Waals surface area contributed by atoms with Crippen LogP contribution in [0.2, 0.25) is 0 Å². The van der Waals surface area contributed by atoms with Crippen LogP contribution >= 0.6 is 24.8 Å². The molecule has 1 rings (SSSR count). The summed E-state index contributed by atoms with van der Waals surface area (Å²) in [5.74, 6) is 0. The molecule has 0 spiro atoms. The Balaban J connectivity index is 0. The first-order chi connectivity index (χ1) is 4.24. The first-order valence-corrected chi connectivity index (χ1v) is 4.13. The van der Waals surface area contributed by atoms with Crippen molar-refractivity contribution in [2.75, 3.05) is 0 Å². The van der Waals surface area contributed by atoms with E-state index in [9.17, 15) is 0 Å². The third-order valence-corrected chi connectivity index (χ3v) is 2.65. The van der Waals surface area contributed by atoms with Gasteiger partial charge in [0.15, 0.2) is 0 Å². The quantitative estimate of drug-likeness (QED) is 0.603. The molecule has 0 radical (unpaired) electrons. The summed E-state index contributed by atoms with van der Waals surface area (Å²) in [6.07, 6.45) is 4.76. The van der Waals surface area contributed by atoms with E-state index in [-0.39, 0.29) is 24.8 Å². The smallest absolute Gasteiger partial charge is 0.147 e. The number of rotatable bonds is 1. The monoisotopic (exact) mass is 227 g/mol. The van der Waals surface area contributed by atoms with Gasteiger partial charge in [0.05, 0.1) is 0 Å². The van der Waals surface area contributed by atoms with E-state index in [1.54, 1.807) is 9.45 Å². The van der Waals surface area contributed by atoms with Crippen molar-refractivity contribution in [3.8, 4) is 0 Å². The van der Waals surface area contributed by atoms with Gasteiger partial charge in [-0.15, -0.1) is 24.8 Å². The van der Waals surface area contributed by atoms with Crippen molar-refractivity contribution >= 4 is 24.8 Å². The zero-order valence-electron chi connectivity index (χ0n) is 6.81. The Kier molecular flexibility index (Phi) is 8.20. The molecule has 1 aliphatic rings. The number of hydrogen-bond donors (Lipinski definition) is 0. The maximum Gasteiger partial charge on any atom is -0.147 e. The Morgan fingerprint density at radius 3 is 2.18 bits per heavy atom. The van der Waals surface area contributed by atoms with Crippen LogP contribution in [-0.2, 0) is 20.4 Å². The first-order valence-electron chi connectivity index (χ1n) is 3.35. The molecule has 0 saturated heterocycles. The molecule has 0 fully saturated rings. The number of halogens is 2. The van der Waals surface area contributed by atoms with E-state index < -0.39 is 0 Å². The zero-order valence-corrected chi connectivity index (χ0v) is 10.0. The molecule has 3 heteroatoms. The molecule has 0 atom stereocenters. The standard InChI is InChI=1S/C8H11.2ClH.Ti/c1-3-8-5-4-7(2)6-8;;;/h6H,3,5H2,1-2H3;2*1H;. The van der Waals surface area contributed by atoms with Gasteiger partial charge >= 0.3 is 68.2 Å². The zero-order chi connectivity index (χ0) is 6.85. The summed E-state index contributed by atoms with van der Waals surface area (Å²) >= 11 is 2.22. The van der Waals surface area contributed by atoms with Gasteiger partial charge < -0.3 is 0 Å². The molecule has 0 aliphatic heterocycles. The fourth-order valence-corrected chi connectivity index (χ4v) is 1.51. The van der Waals surface area contributed by atoms with Crippen LogP contribution in [0.25, 0.3) is 0 Å². The molecule has 11 heavy (non-hydrogen) atoms. The Morgan fingerprint density at radius 1 is 1.45 bits per heavy atom. The van der Waals surface area contributed by atoms with Crippen molar-refractivity contribution in [3.05, 3.63) is 21.1 Å². The average Bonchev–Trinajstić information content (AvgIpc) is 2.13.